The van der Waals surface area contributed by atoms with Crippen LogP contribution in [-0.4, -0.2) is 17.8 Å². The van der Waals surface area contributed by atoms with Gasteiger partial charge in [0.05, 0.1) is 6.04 Å². The molecule has 24 heavy (non-hydrogen) atoms. The van der Waals surface area contributed by atoms with Gasteiger partial charge in [-0.25, -0.2) is 0 Å². The summed E-state index contributed by atoms with van der Waals surface area (Å²) in [6, 6.07) is 8.75. The van der Waals surface area contributed by atoms with Gasteiger partial charge in [-0.3, -0.25) is 10.7 Å². The smallest absolute Gasteiger partial charge is 0.0545 e. The van der Waals surface area contributed by atoms with E-state index in [1.807, 2.05) is 23.7 Å². The fourth-order valence-electron chi connectivity index (χ4n) is 3.36. The van der Waals surface area contributed by atoms with Crippen molar-refractivity contribution >= 4 is 6.08 Å². The number of hydrogen-bond acceptors (Lipinski definition) is 4. The van der Waals surface area contributed by atoms with Gasteiger partial charge in [0, 0.05) is 24.4 Å². The summed E-state index contributed by atoms with van der Waals surface area (Å²) in [6.45, 7) is 4.03. The van der Waals surface area contributed by atoms with Crippen LogP contribution in [0.5, 0.6) is 0 Å². The van der Waals surface area contributed by atoms with Gasteiger partial charge >= 0.3 is 0 Å². The molecule has 2 aliphatic rings. The number of hydroxylamine groups is 1. The summed E-state index contributed by atoms with van der Waals surface area (Å²) in [4.78, 5) is 0. The summed E-state index contributed by atoms with van der Waals surface area (Å²) in [5, 5.41) is 15.6. The van der Waals surface area contributed by atoms with E-state index in [0.29, 0.717) is 12.0 Å². The maximum Gasteiger partial charge on any atom is 0.0545 e. The average molecular weight is 323 g/mol. The molecule has 2 unspecified atom stereocenters. The molecular formula is C20H25N3O. The van der Waals surface area contributed by atoms with Crippen molar-refractivity contribution in [2.45, 2.75) is 25.9 Å². The van der Waals surface area contributed by atoms with Gasteiger partial charge in [0.15, 0.2) is 0 Å². The Morgan fingerprint density at radius 2 is 1.96 bits per heavy atom. The molecular weight excluding hydrogens is 298 g/mol. The molecule has 0 spiro atoms. The van der Waals surface area contributed by atoms with Crippen LogP contribution in [0.4, 0.5) is 0 Å². The summed E-state index contributed by atoms with van der Waals surface area (Å²) in [5.74, 6) is 0.517. The zero-order valence-corrected chi connectivity index (χ0v) is 14.0. The minimum atomic E-state index is 0.444. The number of benzene rings is 1. The molecule has 0 bridgehead atoms. The highest BCUT2D eigenvalue weighted by Crippen LogP contribution is 2.31. The van der Waals surface area contributed by atoms with Gasteiger partial charge in [0.1, 0.15) is 0 Å². The van der Waals surface area contributed by atoms with E-state index in [9.17, 15) is 0 Å². The molecule has 1 heterocycles. The second kappa shape index (κ2) is 7.99. The van der Waals surface area contributed by atoms with Gasteiger partial charge in [-0.1, -0.05) is 48.6 Å². The van der Waals surface area contributed by atoms with E-state index in [1.165, 1.54) is 23.0 Å². The Morgan fingerprint density at radius 3 is 2.75 bits per heavy atom. The third kappa shape index (κ3) is 3.96. The van der Waals surface area contributed by atoms with E-state index in [1.54, 1.807) is 0 Å². The number of nitrogens with one attached hydrogen (secondary N) is 3. The van der Waals surface area contributed by atoms with Crippen LogP contribution < -0.4 is 16.1 Å². The predicted octanol–water partition coefficient (Wildman–Crippen LogP) is 3.10. The van der Waals surface area contributed by atoms with Crippen molar-refractivity contribution in [3.63, 3.8) is 0 Å². The van der Waals surface area contributed by atoms with Crippen LogP contribution in [0.2, 0.25) is 0 Å². The van der Waals surface area contributed by atoms with Gasteiger partial charge in [0.25, 0.3) is 0 Å². The monoisotopic (exact) mass is 323 g/mol. The Hall–Kier alpha value is -2.30. The van der Waals surface area contributed by atoms with Crippen molar-refractivity contribution in [3.05, 3.63) is 77.2 Å². The second-order valence-electron chi connectivity index (χ2n) is 6.25. The van der Waals surface area contributed by atoms with E-state index in [-0.39, 0.29) is 0 Å². The molecule has 0 saturated carbocycles. The highest BCUT2D eigenvalue weighted by Gasteiger charge is 2.29. The molecule has 4 N–H and O–H groups in total. The van der Waals surface area contributed by atoms with Crippen LogP contribution in [0.25, 0.3) is 6.08 Å². The van der Waals surface area contributed by atoms with Crippen molar-refractivity contribution in [3.8, 4) is 0 Å². The molecule has 1 aromatic carbocycles. The third-order valence-corrected chi connectivity index (χ3v) is 4.63. The molecule has 0 amide bonds. The molecule has 0 aromatic heterocycles. The molecule has 3 rings (SSSR count). The Labute approximate surface area is 143 Å². The minimum absolute atomic E-state index is 0.444. The van der Waals surface area contributed by atoms with Crippen molar-refractivity contribution in [1.29, 1.82) is 0 Å². The van der Waals surface area contributed by atoms with Gasteiger partial charge in [0.2, 0.25) is 0 Å². The lowest BCUT2D eigenvalue weighted by atomic mass is 9.89. The SMILES string of the molecule is CC1=C(CCNCc2ccc(/C=C/NO)cc2)C2C=CC=CC2N1. The van der Waals surface area contributed by atoms with Crippen molar-refractivity contribution in [2.24, 2.45) is 5.92 Å². The largest absolute Gasteiger partial charge is 0.381 e. The normalized spacial score (nSPS) is 22.1. The highest BCUT2D eigenvalue weighted by molar-refractivity contribution is 5.49. The highest BCUT2D eigenvalue weighted by atomic mass is 16.5. The lowest BCUT2D eigenvalue weighted by Crippen LogP contribution is -2.26. The van der Waals surface area contributed by atoms with Gasteiger partial charge in [-0.15, -0.1) is 0 Å². The quantitative estimate of drug-likeness (QED) is 0.460. The number of hydrogen-bond donors (Lipinski definition) is 4. The second-order valence-corrected chi connectivity index (χ2v) is 6.25. The average Bonchev–Trinajstić information content (AvgIpc) is 2.93. The van der Waals surface area contributed by atoms with Crippen molar-refractivity contribution in [2.75, 3.05) is 6.54 Å². The topological polar surface area (TPSA) is 56.3 Å². The maximum absolute atomic E-state index is 8.54. The lowest BCUT2D eigenvalue weighted by Gasteiger charge is -2.19. The summed E-state index contributed by atoms with van der Waals surface area (Å²) < 4.78 is 0. The Kier molecular flexibility index (Phi) is 5.51. The Balaban J connectivity index is 1.45. The number of fused-ring (bicyclic) bond motifs is 1. The van der Waals surface area contributed by atoms with Crippen LogP contribution in [0.1, 0.15) is 24.5 Å². The molecule has 2 atom stereocenters. The molecule has 0 saturated heterocycles. The van der Waals surface area contributed by atoms with E-state index in [0.717, 1.165) is 25.1 Å². The third-order valence-electron chi connectivity index (χ3n) is 4.63. The van der Waals surface area contributed by atoms with Crippen molar-refractivity contribution < 1.29 is 5.21 Å². The van der Waals surface area contributed by atoms with E-state index in [2.05, 4.69) is 54.0 Å². The molecule has 126 valence electrons. The summed E-state index contributed by atoms with van der Waals surface area (Å²) in [6.07, 6.45) is 13.2. The van der Waals surface area contributed by atoms with E-state index < -0.39 is 0 Å². The summed E-state index contributed by atoms with van der Waals surface area (Å²) in [5.41, 5.74) is 7.18. The first-order valence-corrected chi connectivity index (χ1v) is 8.45. The fourth-order valence-corrected chi connectivity index (χ4v) is 3.36. The summed E-state index contributed by atoms with van der Waals surface area (Å²) in [7, 11) is 0. The molecule has 0 radical (unpaired) electrons. The molecule has 0 fully saturated rings. The fraction of sp³-hybridized carbons (Fsp3) is 0.300. The number of allylic oxidation sites excluding steroid dienone is 3. The standard InChI is InChI=1S/C20H25N3O/c1-15-18(19-4-2-3-5-20(19)23-15)11-12-21-14-17-8-6-16(7-9-17)10-13-22-24/h2-10,13,19-24H,11-12,14H2,1H3/b13-10+. The van der Waals surface area contributed by atoms with Crippen LogP contribution in [0.3, 0.4) is 0 Å². The Bertz CT molecular complexity index is 671. The minimum Gasteiger partial charge on any atom is -0.381 e. The zero-order chi connectivity index (χ0) is 16.8. The Morgan fingerprint density at radius 1 is 1.17 bits per heavy atom. The molecule has 1 aromatic rings. The van der Waals surface area contributed by atoms with E-state index >= 15 is 0 Å². The maximum atomic E-state index is 8.54. The van der Waals surface area contributed by atoms with Crippen molar-refractivity contribution in [1.82, 2.24) is 16.1 Å². The molecule has 4 heteroatoms. The lowest BCUT2D eigenvalue weighted by molar-refractivity contribution is 0.215. The predicted molar refractivity (Wildman–Crippen MR) is 98.1 cm³/mol. The zero-order valence-electron chi connectivity index (χ0n) is 14.0. The first-order chi connectivity index (χ1) is 11.8. The first-order valence-electron chi connectivity index (χ1n) is 8.45. The van der Waals surface area contributed by atoms with E-state index in [4.69, 9.17) is 5.21 Å². The molecule has 1 aliphatic carbocycles. The molecule has 4 nitrogen and oxygen atoms in total. The number of rotatable bonds is 7. The van der Waals surface area contributed by atoms with Gasteiger partial charge in [-0.2, -0.15) is 0 Å². The first kappa shape index (κ1) is 16.6. The van der Waals surface area contributed by atoms with Crippen LogP contribution >= 0.6 is 0 Å². The van der Waals surface area contributed by atoms with Crippen LogP contribution in [-0.2, 0) is 6.54 Å². The van der Waals surface area contributed by atoms with Gasteiger partial charge < -0.3 is 10.6 Å². The van der Waals surface area contributed by atoms with Crippen LogP contribution in [0.15, 0.2) is 66.0 Å². The molecule has 1 aliphatic heterocycles. The summed E-state index contributed by atoms with van der Waals surface area (Å²) >= 11 is 0. The van der Waals surface area contributed by atoms with Gasteiger partial charge in [-0.05, 0) is 42.7 Å². The van der Waals surface area contributed by atoms with Crippen LogP contribution in [0, 0.1) is 5.92 Å².